The standard InChI is InChI=1S/C17H12FI2NO/c1-2-22-17-15(19)8-11(9-16(17)20)7-12(10-21)13-5-3-4-6-14(13)18/h3-9H,2H2,1H3/b12-7-. The Kier molecular flexibility index (Phi) is 6.20. The highest BCUT2D eigenvalue weighted by atomic mass is 127. The molecular weight excluding hydrogens is 507 g/mol. The lowest BCUT2D eigenvalue weighted by Crippen LogP contribution is -1.97. The summed E-state index contributed by atoms with van der Waals surface area (Å²) >= 11 is 4.40. The van der Waals surface area contributed by atoms with E-state index in [1.54, 1.807) is 24.3 Å². The summed E-state index contributed by atoms with van der Waals surface area (Å²) in [5.74, 6) is 0.441. The summed E-state index contributed by atoms with van der Waals surface area (Å²) in [6.07, 6.45) is 1.69. The Morgan fingerprint density at radius 3 is 2.45 bits per heavy atom. The third-order valence-corrected chi connectivity index (χ3v) is 4.51. The molecule has 0 aliphatic carbocycles. The largest absolute Gasteiger partial charge is 0.492 e. The van der Waals surface area contributed by atoms with Crippen molar-refractivity contribution in [2.75, 3.05) is 6.61 Å². The van der Waals surface area contributed by atoms with Crippen LogP contribution in [0.3, 0.4) is 0 Å². The summed E-state index contributed by atoms with van der Waals surface area (Å²) in [7, 11) is 0. The molecule has 2 aromatic carbocycles. The molecule has 0 aliphatic heterocycles. The molecule has 2 rings (SSSR count). The van der Waals surface area contributed by atoms with Gasteiger partial charge in [-0.25, -0.2) is 4.39 Å². The van der Waals surface area contributed by atoms with E-state index in [4.69, 9.17) is 4.74 Å². The van der Waals surface area contributed by atoms with Crippen LogP contribution < -0.4 is 4.74 Å². The van der Waals surface area contributed by atoms with E-state index in [0.29, 0.717) is 17.7 Å². The van der Waals surface area contributed by atoms with E-state index in [0.717, 1.165) is 18.5 Å². The normalized spacial score (nSPS) is 11.1. The van der Waals surface area contributed by atoms with Gasteiger partial charge in [-0.05, 0) is 81.9 Å². The quantitative estimate of drug-likeness (QED) is 0.304. The summed E-state index contributed by atoms with van der Waals surface area (Å²) in [6.45, 7) is 2.53. The SMILES string of the molecule is CCOc1c(I)cc(/C=C(/C#N)c2ccccc2F)cc1I. The molecule has 0 unspecified atom stereocenters. The second-order valence-electron chi connectivity index (χ2n) is 4.40. The Hall–Kier alpha value is -1.14. The van der Waals surface area contributed by atoms with Crippen molar-refractivity contribution in [1.82, 2.24) is 0 Å². The van der Waals surface area contributed by atoms with Crippen LogP contribution in [0.4, 0.5) is 4.39 Å². The van der Waals surface area contributed by atoms with Crippen molar-refractivity contribution in [1.29, 1.82) is 5.26 Å². The van der Waals surface area contributed by atoms with Crippen LogP contribution in [-0.4, -0.2) is 6.61 Å². The molecule has 0 radical (unpaired) electrons. The van der Waals surface area contributed by atoms with Gasteiger partial charge in [-0.1, -0.05) is 18.2 Å². The lowest BCUT2D eigenvalue weighted by atomic mass is 10.0. The van der Waals surface area contributed by atoms with Gasteiger partial charge in [-0.15, -0.1) is 0 Å². The van der Waals surface area contributed by atoms with Gasteiger partial charge in [0.25, 0.3) is 0 Å². The van der Waals surface area contributed by atoms with Gasteiger partial charge in [-0.2, -0.15) is 5.26 Å². The number of hydrogen-bond donors (Lipinski definition) is 0. The lowest BCUT2D eigenvalue weighted by Gasteiger charge is -2.10. The van der Waals surface area contributed by atoms with Crippen LogP contribution in [0.5, 0.6) is 5.75 Å². The summed E-state index contributed by atoms with van der Waals surface area (Å²) < 4.78 is 21.4. The first-order valence-electron chi connectivity index (χ1n) is 6.55. The van der Waals surface area contributed by atoms with Gasteiger partial charge in [0.05, 0.1) is 25.4 Å². The van der Waals surface area contributed by atoms with E-state index in [2.05, 4.69) is 51.3 Å². The maximum atomic E-state index is 13.8. The highest BCUT2D eigenvalue weighted by Crippen LogP contribution is 2.30. The number of hydrogen-bond acceptors (Lipinski definition) is 2. The third kappa shape index (κ3) is 3.98. The number of nitriles is 1. The monoisotopic (exact) mass is 519 g/mol. The first kappa shape index (κ1) is 17.2. The van der Waals surface area contributed by atoms with Crippen molar-refractivity contribution in [3.8, 4) is 11.8 Å². The number of benzene rings is 2. The molecule has 0 saturated heterocycles. The van der Waals surface area contributed by atoms with E-state index >= 15 is 0 Å². The molecule has 112 valence electrons. The van der Waals surface area contributed by atoms with Gasteiger partial charge in [-0.3, -0.25) is 0 Å². The minimum absolute atomic E-state index is 0.300. The van der Waals surface area contributed by atoms with Crippen molar-refractivity contribution < 1.29 is 9.13 Å². The Bertz CT molecular complexity index is 742. The van der Waals surface area contributed by atoms with Crippen LogP contribution in [-0.2, 0) is 0 Å². The fraction of sp³-hybridized carbons (Fsp3) is 0.118. The van der Waals surface area contributed by atoms with Crippen LogP contribution in [0, 0.1) is 24.3 Å². The lowest BCUT2D eigenvalue weighted by molar-refractivity contribution is 0.335. The number of halogens is 3. The zero-order chi connectivity index (χ0) is 16.1. The maximum absolute atomic E-state index is 13.8. The van der Waals surface area contributed by atoms with Crippen LogP contribution in [0.2, 0.25) is 0 Å². The Labute approximate surface area is 156 Å². The topological polar surface area (TPSA) is 33.0 Å². The molecule has 0 heterocycles. The molecule has 0 bridgehead atoms. The van der Waals surface area contributed by atoms with Crippen LogP contribution in [0.1, 0.15) is 18.1 Å². The highest BCUT2D eigenvalue weighted by molar-refractivity contribution is 14.1. The van der Waals surface area contributed by atoms with Crippen LogP contribution in [0.15, 0.2) is 36.4 Å². The van der Waals surface area contributed by atoms with Gasteiger partial charge in [0.15, 0.2) is 0 Å². The zero-order valence-corrected chi connectivity index (χ0v) is 16.1. The number of ether oxygens (including phenoxy) is 1. The van der Waals surface area contributed by atoms with E-state index in [-0.39, 0.29) is 0 Å². The molecule has 22 heavy (non-hydrogen) atoms. The predicted octanol–water partition coefficient (Wildman–Crippen LogP) is 5.50. The van der Waals surface area contributed by atoms with Gasteiger partial charge in [0.1, 0.15) is 11.6 Å². The maximum Gasteiger partial charge on any atom is 0.145 e. The molecule has 0 aliphatic rings. The van der Waals surface area contributed by atoms with Crippen molar-refractivity contribution in [3.63, 3.8) is 0 Å². The Balaban J connectivity index is 2.48. The molecule has 0 atom stereocenters. The van der Waals surface area contributed by atoms with E-state index < -0.39 is 5.82 Å². The number of nitrogens with zero attached hydrogens (tertiary/aromatic N) is 1. The third-order valence-electron chi connectivity index (χ3n) is 2.90. The Morgan fingerprint density at radius 1 is 1.27 bits per heavy atom. The first-order valence-corrected chi connectivity index (χ1v) is 8.71. The molecule has 2 aromatic rings. The van der Waals surface area contributed by atoms with Crippen molar-refractivity contribution >= 4 is 56.8 Å². The molecule has 0 aromatic heterocycles. The summed E-state index contributed by atoms with van der Waals surface area (Å²) in [4.78, 5) is 0. The molecule has 0 amide bonds. The zero-order valence-electron chi connectivity index (χ0n) is 11.7. The van der Waals surface area contributed by atoms with Crippen molar-refractivity contribution in [2.24, 2.45) is 0 Å². The van der Waals surface area contributed by atoms with Crippen molar-refractivity contribution in [2.45, 2.75) is 6.92 Å². The Morgan fingerprint density at radius 2 is 1.91 bits per heavy atom. The summed E-state index contributed by atoms with van der Waals surface area (Å²) in [6, 6.07) is 12.2. The predicted molar refractivity (Wildman–Crippen MR) is 103 cm³/mol. The smallest absolute Gasteiger partial charge is 0.145 e. The first-order chi connectivity index (χ1) is 10.6. The van der Waals surface area contributed by atoms with E-state index in [1.165, 1.54) is 6.07 Å². The van der Waals surface area contributed by atoms with Crippen LogP contribution >= 0.6 is 45.2 Å². The highest BCUT2D eigenvalue weighted by Gasteiger charge is 2.10. The molecule has 0 spiro atoms. The molecule has 5 heteroatoms. The van der Waals surface area contributed by atoms with Crippen LogP contribution in [0.25, 0.3) is 11.6 Å². The minimum Gasteiger partial charge on any atom is -0.492 e. The summed E-state index contributed by atoms with van der Waals surface area (Å²) in [5.41, 5.74) is 1.45. The minimum atomic E-state index is -0.398. The molecule has 0 saturated carbocycles. The number of rotatable bonds is 4. The van der Waals surface area contributed by atoms with Gasteiger partial charge >= 0.3 is 0 Å². The van der Waals surface area contributed by atoms with Crippen molar-refractivity contribution in [3.05, 3.63) is 60.5 Å². The van der Waals surface area contributed by atoms with Gasteiger partial charge in [0, 0.05) is 5.56 Å². The number of allylic oxidation sites excluding steroid dienone is 1. The fourth-order valence-electron chi connectivity index (χ4n) is 1.96. The van der Waals surface area contributed by atoms with E-state index in [1.807, 2.05) is 19.1 Å². The molecular formula is C17H12FI2NO. The molecule has 0 N–H and O–H groups in total. The van der Waals surface area contributed by atoms with Gasteiger partial charge < -0.3 is 4.74 Å². The second-order valence-corrected chi connectivity index (χ2v) is 6.72. The molecule has 2 nitrogen and oxygen atoms in total. The van der Waals surface area contributed by atoms with Gasteiger partial charge in [0.2, 0.25) is 0 Å². The second kappa shape index (κ2) is 7.92. The summed E-state index contributed by atoms with van der Waals surface area (Å²) in [5, 5.41) is 9.33. The molecule has 0 fully saturated rings. The fourth-order valence-corrected chi connectivity index (χ4v) is 4.09. The van der Waals surface area contributed by atoms with E-state index in [9.17, 15) is 9.65 Å². The average molecular weight is 519 g/mol. The average Bonchev–Trinajstić information content (AvgIpc) is 2.49.